The number of anilines is 3. The summed E-state index contributed by atoms with van der Waals surface area (Å²) < 4.78 is 38.6. The highest BCUT2D eigenvalue weighted by molar-refractivity contribution is 6.30. The Morgan fingerprint density at radius 1 is 0.423 bits per heavy atom. The van der Waals surface area contributed by atoms with Gasteiger partial charge in [-0.3, -0.25) is 0 Å². The Morgan fingerprint density at radius 2 is 0.802 bits per heavy atom. The molecule has 578 valence electrons. The summed E-state index contributed by atoms with van der Waals surface area (Å²) in [6.45, 7) is 26.7. The van der Waals surface area contributed by atoms with Crippen molar-refractivity contribution in [3.8, 4) is 23.7 Å². The number of hydrogen-bond acceptors (Lipinski definition) is 18. The fourth-order valence-corrected chi connectivity index (χ4v) is 13.7. The molecule has 1 spiro atoms. The standard InChI is InChI=1S/C23H27N5O2.C22H26FN5O.C21H24FN5O.C20H22ClN3/c1-16-4-6-17(7-5-16)10-18-11-20(27-12-23(13-27)14-30-15-23)25-21(24-18)28-9-8-19(26-28)22(2,3)29;1-22(2,29)19-10-13-28(26-19)21-24-18(14-16-6-8-17(23)9-7-16)15-20(25-21)27-11-4-3-5-12-27;1-15(28)19-9-12-27(25-19)21-23-18(13-16-5-7-17(22)8-6-16)14-20(24-21)26-10-3-2-4-11-26;1-14-11-17(13-15-5-7-16(21)8-6-15)22-19(12-14)24-10-9-18(23-24)20(2,3)4/h4-9,11,29H,10,12-15H2,1-3H3;6-10,13,15,29H,3-5,11-12,14H2,1-2H3;5-9,12,14-15,28H,2-4,10-11,13H2,1H3;5-12H,13H2,1-4H3. The first kappa shape index (κ1) is 78.6. The van der Waals surface area contributed by atoms with Crippen molar-refractivity contribution in [2.75, 3.05) is 67.2 Å². The lowest BCUT2D eigenvalue weighted by Crippen LogP contribution is -2.66. The van der Waals surface area contributed by atoms with Gasteiger partial charge in [-0.2, -0.15) is 35.3 Å². The van der Waals surface area contributed by atoms with Gasteiger partial charge in [-0.1, -0.05) is 98.6 Å². The summed E-state index contributed by atoms with van der Waals surface area (Å²) in [5.74, 6) is 4.52. The number of nitrogens with zero attached hydrogens (tertiary/aromatic N) is 18. The number of rotatable bonds is 18. The Balaban J connectivity index is 0.000000130. The maximum absolute atomic E-state index is 13.3. The van der Waals surface area contributed by atoms with Crippen LogP contribution in [0.2, 0.25) is 5.02 Å². The highest BCUT2D eigenvalue weighted by Crippen LogP contribution is 2.40. The Labute approximate surface area is 652 Å². The van der Waals surface area contributed by atoms with Crippen molar-refractivity contribution in [2.24, 2.45) is 5.41 Å². The molecule has 4 aliphatic heterocycles. The Morgan fingerprint density at radius 3 is 1.19 bits per heavy atom. The molecule has 111 heavy (non-hydrogen) atoms. The third kappa shape index (κ3) is 20.8. The molecule has 0 saturated carbocycles. The topological polar surface area (TPSA) is 241 Å². The average molecular weight is 1520 g/mol. The number of benzene rings is 4. The van der Waals surface area contributed by atoms with Crippen molar-refractivity contribution in [1.29, 1.82) is 0 Å². The molecule has 1 atom stereocenters. The van der Waals surface area contributed by atoms with Gasteiger partial charge < -0.3 is 34.8 Å². The summed E-state index contributed by atoms with van der Waals surface area (Å²) in [5, 5.41) is 49.1. The Hall–Kier alpha value is -10.5. The predicted octanol–water partition coefficient (Wildman–Crippen LogP) is 14.8. The van der Waals surface area contributed by atoms with Gasteiger partial charge >= 0.3 is 0 Å². The summed E-state index contributed by atoms with van der Waals surface area (Å²) in [6.07, 6.45) is 16.4. The summed E-state index contributed by atoms with van der Waals surface area (Å²) >= 11 is 5.96. The predicted molar refractivity (Wildman–Crippen MR) is 428 cm³/mol. The second-order valence-corrected chi connectivity index (χ2v) is 32.2. The van der Waals surface area contributed by atoms with E-state index in [1.165, 1.54) is 59.4 Å². The number of halogens is 3. The smallest absolute Gasteiger partial charge is 0.252 e. The van der Waals surface area contributed by atoms with Gasteiger partial charge in [-0.15, -0.1) is 0 Å². The monoisotopic (exact) mass is 1520 g/mol. The minimum Gasteiger partial charge on any atom is -0.387 e. The molecule has 4 saturated heterocycles. The van der Waals surface area contributed by atoms with Crippen LogP contribution in [0.1, 0.15) is 179 Å². The molecular weight excluding hydrogens is 1420 g/mol. The molecule has 3 N–H and O–H groups in total. The van der Waals surface area contributed by atoms with Crippen LogP contribution < -0.4 is 14.7 Å². The van der Waals surface area contributed by atoms with E-state index in [1.807, 2.05) is 47.3 Å². The highest BCUT2D eigenvalue weighted by Gasteiger charge is 2.49. The number of aryl methyl sites for hydroxylation is 2. The highest BCUT2D eigenvalue weighted by atomic mass is 35.5. The second kappa shape index (κ2) is 34.0. The molecule has 25 heteroatoms. The van der Waals surface area contributed by atoms with Crippen molar-refractivity contribution < 1.29 is 28.8 Å². The third-order valence-electron chi connectivity index (χ3n) is 19.9. The first-order valence-corrected chi connectivity index (χ1v) is 38.6. The van der Waals surface area contributed by atoms with Crippen molar-refractivity contribution in [3.05, 3.63) is 272 Å². The fraction of sp³-hybridized carbons (Fsp3) is 0.384. The van der Waals surface area contributed by atoms with E-state index >= 15 is 0 Å². The van der Waals surface area contributed by atoms with E-state index in [1.54, 1.807) is 110 Å². The molecule has 4 aliphatic rings. The minimum atomic E-state index is -1.04. The van der Waals surface area contributed by atoms with Gasteiger partial charge in [0.15, 0.2) is 5.82 Å². The largest absolute Gasteiger partial charge is 0.387 e. The molecule has 4 fully saturated rings. The van der Waals surface area contributed by atoms with Crippen molar-refractivity contribution in [1.82, 2.24) is 74.0 Å². The van der Waals surface area contributed by atoms with Crippen molar-refractivity contribution in [3.63, 3.8) is 0 Å². The van der Waals surface area contributed by atoms with E-state index in [-0.39, 0.29) is 17.0 Å². The minimum absolute atomic E-state index is 0.0290. The van der Waals surface area contributed by atoms with Crippen LogP contribution in [0.4, 0.5) is 26.2 Å². The molecule has 0 radical (unpaired) electrons. The lowest BCUT2D eigenvalue weighted by molar-refractivity contribution is -0.127. The molecule has 12 heterocycles. The SMILES string of the molecule is CC(C)(O)c1ccn(-c2nc(Cc3ccc(F)cc3)cc(N3CCCCC3)n2)n1.CC(O)c1ccn(-c2nc(Cc3ccc(F)cc3)cc(N3CCCCC3)n2)n1.Cc1cc(Cc2ccc(Cl)cc2)nc(-n2ccc(C(C)(C)C)n2)c1.Cc1ccc(Cc2cc(N3CC4(COC4)C3)nc(-n3ccc(C(C)(C)O)n3)n2)cc1. The number of hydrogen-bond donors (Lipinski definition) is 3. The molecule has 4 aromatic carbocycles. The number of piperidine rings is 2. The number of pyridine rings is 1. The number of aliphatic hydroxyl groups is 3. The summed E-state index contributed by atoms with van der Waals surface area (Å²) in [4.78, 5) is 40.1. The van der Waals surface area contributed by atoms with Crippen LogP contribution in [0, 0.1) is 30.9 Å². The second-order valence-electron chi connectivity index (χ2n) is 31.7. The molecular formula is C86H99ClF2N18O4. The van der Waals surface area contributed by atoms with Gasteiger partial charge in [0.1, 0.15) is 40.3 Å². The normalized spacial score (nSPS) is 15.2. The number of aromatic nitrogens is 15. The summed E-state index contributed by atoms with van der Waals surface area (Å²) in [6, 6.07) is 47.1. The van der Waals surface area contributed by atoms with Gasteiger partial charge in [-0.05, 0) is 188 Å². The van der Waals surface area contributed by atoms with E-state index in [2.05, 4.69) is 123 Å². The molecule has 0 aliphatic carbocycles. The number of aliphatic hydroxyl groups excluding tert-OH is 1. The van der Waals surface area contributed by atoms with Crippen molar-refractivity contribution in [2.45, 2.75) is 156 Å². The van der Waals surface area contributed by atoms with Crippen LogP contribution in [0.3, 0.4) is 0 Å². The first-order valence-electron chi connectivity index (χ1n) is 38.2. The third-order valence-corrected chi connectivity index (χ3v) is 20.2. The molecule has 1 unspecified atom stereocenters. The van der Waals surface area contributed by atoms with Crippen LogP contribution in [0.15, 0.2) is 176 Å². The Kier molecular flexibility index (Phi) is 24.1. The van der Waals surface area contributed by atoms with Crippen LogP contribution >= 0.6 is 11.6 Å². The van der Waals surface area contributed by atoms with E-state index in [0.717, 1.165) is 159 Å². The maximum Gasteiger partial charge on any atom is 0.252 e. The molecule has 0 amide bonds. The zero-order valence-corrected chi connectivity index (χ0v) is 65.7. The summed E-state index contributed by atoms with van der Waals surface area (Å²) in [5.41, 5.74) is 11.5. The molecule has 12 aromatic rings. The van der Waals surface area contributed by atoms with Gasteiger partial charge in [0.25, 0.3) is 17.8 Å². The van der Waals surface area contributed by atoms with Crippen LogP contribution in [-0.4, -0.2) is 142 Å². The maximum atomic E-state index is 13.3. The zero-order chi connectivity index (χ0) is 78.2. The Bertz CT molecular complexity index is 5080. The lowest BCUT2D eigenvalue weighted by atomic mass is 9.78. The van der Waals surface area contributed by atoms with E-state index in [9.17, 15) is 24.1 Å². The fourth-order valence-electron chi connectivity index (χ4n) is 13.5. The quantitative estimate of drug-likeness (QED) is 0.0723. The van der Waals surface area contributed by atoms with Gasteiger partial charge in [0, 0.05) is 124 Å². The van der Waals surface area contributed by atoms with E-state index in [0.29, 0.717) is 53.2 Å². The van der Waals surface area contributed by atoms with Crippen molar-refractivity contribution >= 4 is 29.1 Å². The molecule has 22 nitrogen and oxygen atoms in total. The zero-order valence-electron chi connectivity index (χ0n) is 65.0. The summed E-state index contributed by atoms with van der Waals surface area (Å²) in [7, 11) is 0. The van der Waals surface area contributed by atoms with Gasteiger partial charge in [0.05, 0.1) is 64.6 Å². The van der Waals surface area contributed by atoms with E-state index in [4.69, 9.17) is 46.2 Å². The van der Waals surface area contributed by atoms with Crippen LogP contribution in [0.25, 0.3) is 23.7 Å². The lowest BCUT2D eigenvalue weighted by Gasteiger charge is -2.55. The number of ether oxygens (including phenoxy) is 1. The molecule has 8 aromatic heterocycles. The van der Waals surface area contributed by atoms with Gasteiger partial charge in [0.2, 0.25) is 0 Å². The van der Waals surface area contributed by atoms with Crippen LogP contribution in [0.5, 0.6) is 0 Å². The molecule has 0 bridgehead atoms. The first-order chi connectivity index (χ1) is 53.1. The van der Waals surface area contributed by atoms with Crippen LogP contribution in [-0.2, 0) is 47.0 Å². The van der Waals surface area contributed by atoms with Gasteiger partial charge in [-0.25, -0.2) is 47.4 Å². The molecule has 16 rings (SSSR count). The average Bonchev–Trinajstić information content (AvgIpc) is 1.73. The van der Waals surface area contributed by atoms with E-state index < -0.39 is 17.3 Å².